The molecule has 8 heteroatoms. The first-order valence-electron chi connectivity index (χ1n) is 7.80. The summed E-state index contributed by atoms with van der Waals surface area (Å²) in [4.78, 5) is 35.4. The number of esters is 1. The predicted molar refractivity (Wildman–Crippen MR) is 95.2 cm³/mol. The molecule has 0 atom stereocenters. The maximum Gasteiger partial charge on any atom is 0.341 e. The summed E-state index contributed by atoms with van der Waals surface area (Å²) in [6, 6.07) is 4.86. The molecule has 2 rings (SSSR count). The number of thiophene rings is 1. The molecule has 0 saturated heterocycles. The highest BCUT2D eigenvalue weighted by Gasteiger charge is 2.19. The zero-order chi connectivity index (χ0) is 18.6. The Morgan fingerprint density at radius 3 is 2.40 bits per heavy atom. The van der Waals surface area contributed by atoms with Gasteiger partial charge in [0.2, 0.25) is 0 Å². The van der Waals surface area contributed by atoms with Gasteiger partial charge in [-0.2, -0.15) is 0 Å². The van der Waals surface area contributed by atoms with E-state index < -0.39 is 24.5 Å². The minimum absolute atomic E-state index is 0.100. The van der Waals surface area contributed by atoms with E-state index in [-0.39, 0.29) is 6.04 Å². The van der Waals surface area contributed by atoms with Crippen LogP contribution in [-0.2, 0) is 9.53 Å². The molecule has 0 unspecified atom stereocenters. The van der Waals surface area contributed by atoms with Crippen LogP contribution in [0.25, 0.3) is 5.00 Å². The molecule has 2 N–H and O–H groups in total. The van der Waals surface area contributed by atoms with Gasteiger partial charge in [0.05, 0.1) is 5.56 Å². The van der Waals surface area contributed by atoms with Crippen LogP contribution in [0.2, 0.25) is 0 Å². The quantitative estimate of drug-likeness (QED) is 0.799. The second kappa shape index (κ2) is 7.98. The van der Waals surface area contributed by atoms with Crippen molar-refractivity contribution in [1.29, 1.82) is 0 Å². The molecule has 2 aromatic rings. The predicted octanol–water partition coefficient (Wildman–Crippen LogP) is 2.55. The zero-order valence-electron chi connectivity index (χ0n) is 14.6. The summed E-state index contributed by atoms with van der Waals surface area (Å²) in [6.45, 7) is 6.91. The summed E-state index contributed by atoms with van der Waals surface area (Å²) in [5.74, 6) is -1.29. The number of nitrogens with one attached hydrogen (secondary N) is 2. The first-order chi connectivity index (χ1) is 11.8. The van der Waals surface area contributed by atoms with Crippen LogP contribution in [0.3, 0.4) is 0 Å². The smallest absolute Gasteiger partial charge is 0.341 e. The van der Waals surface area contributed by atoms with Crippen LogP contribution in [0.15, 0.2) is 23.6 Å². The Morgan fingerprint density at radius 2 is 1.80 bits per heavy atom. The van der Waals surface area contributed by atoms with E-state index in [2.05, 4.69) is 10.6 Å². The number of carbonyl (C=O) groups is 3. The van der Waals surface area contributed by atoms with Crippen molar-refractivity contribution in [2.24, 2.45) is 0 Å². The van der Waals surface area contributed by atoms with Crippen LogP contribution in [0.4, 0.5) is 4.79 Å². The first-order valence-corrected chi connectivity index (χ1v) is 8.68. The fraction of sp³-hybridized carbons (Fsp3) is 0.353. The van der Waals surface area contributed by atoms with Crippen LogP contribution in [0.5, 0.6) is 0 Å². The van der Waals surface area contributed by atoms with Gasteiger partial charge in [-0.05, 0) is 51.3 Å². The normalized spacial score (nSPS) is 10.6. The molecule has 2 heterocycles. The van der Waals surface area contributed by atoms with E-state index in [0.717, 1.165) is 16.4 Å². The van der Waals surface area contributed by atoms with E-state index in [4.69, 9.17) is 4.74 Å². The van der Waals surface area contributed by atoms with E-state index in [1.54, 1.807) is 25.3 Å². The molecule has 0 aromatic carbocycles. The maximum atomic E-state index is 12.3. The molecule has 25 heavy (non-hydrogen) atoms. The van der Waals surface area contributed by atoms with E-state index >= 15 is 0 Å². The molecule has 0 radical (unpaired) electrons. The van der Waals surface area contributed by atoms with Crippen molar-refractivity contribution in [3.8, 4) is 5.00 Å². The Labute approximate surface area is 150 Å². The number of hydrogen-bond donors (Lipinski definition) is 2. The lowest BCUT2D eigenvalue weighted by atomic mass is 10.3. The SMILES string of the molecule is Cc1ccc(C)n1-c1sccc1C(=O)OCC(=O)NC(=O)NC(C)C. The van der Waals surface area contributed by atoms with Crippen molar-refractivity contribution in [3.05, 3.63) is 40.5 Å². The summed E-state index contributed by atoms with van der Waals surface area (Å²) < 4.78 is 6.99. The van der Waals surface area contributed by atoms with Gasteiger partial charge in [-0.3, -0.25) is 10.1 Å². The Kier molecular flexibility index (Phi) is 5.97. The van der Waals surface area contributed by atoms with Crippen LogP contribution in [-0.4, -0.2) is 35.1 Å². The molecule has 7 nitrogen and oxygen atoms in total. The Hall–Kier alpha value is -2.61. The summed E-state index contributed by atoms with van der Waals surface area (Å²) in [7, 11) is 0. The number of aryl methyl sites for hydroxylation is 2. The number of urea groups is 1. The van der Waals surface area contributed by atoms with E-state index in [1.807, 2.05) is 30.5 Å². The lowest BCUT2D eigenvalue weighted by molar-refractivity contribution is -0.123. The molecule has 134 valence electrons. The number of carbonyl (C=O) groups excluding carboxylic acids is 3. The van der Waals surface area contributed by atoms with Crippen molar-refractivity contribution in [2.75, 3.05) is 6.61 Å². The van der Waals surface area contributed by atoms with Gasteiger partial charge in [0.25, 0.3) is 5.91 Å². The third kappa shape index (κ3) is 4.69. The molecule has 0 bridgehead atoms. The molecule has 0 spiro atoms. The molecule has 0 saturated carbocycles. The largest absolute Gasteiger partial charge is 0.452 e. The van der Waals surface area contributed by atoms with E-state index in [0.29, 0.717) is 5.56 Å². The number of rotatable bonds is 5. The van der Waals surface area contributed by atoms with Crippen molar-refractivity contribution < 1.29 is 19.1 Å². The number of nitrogens with zero attached hydrogens (tertiary/aromatic N) is 1. The van der Waals surface area contributed by atoms with Crippen molar-refractivity contribution in [2.45, 2.75) is 33.7 Å². The molecular formula is C17H21N3O4S. The fourth-order valence-electron chi connectivity index (χ4n) is 2.29. The average Bonchev–Trinajstić information content (AvgIpc) is 3.10. The van der Waals surface area contributed by atoms with Gasteiger partial charge in [0, 0.05) is 17.4 Å². The minimum atomic E-state index is -0.684. The standard InChI is InChI=1S/C17H21N3O4S/c1-10(2)18-17(23)19-14(21)9-24-16(22)13-7-8-25-15(13)20-11(3)5-6-12(20)4/h5-8,10H,9H2,1-4H3,(H2,18,19,21,23). The van der Waals surface area contributed by atoms with Crippen molar-refractivity contribution >= 4 is 29.2 Å². The van der Waals surface area contributed by atoms with E-state index in [1.165, 1.54) is 11.3 Å². The number of ether oxygens (including phenoxy) is 1. The highest BCUT2D eigenvalue weighted by atomic mass is 32.1. The molecule has 0 aliphatic heterocycles. The maximum absolute atomic E-state index is 12.3. The molecule has 0 fully saturated rings. The minimum Gasteiger partial charge on any atom is -0.452 e. The van der Waals surface area contributed by atoms with Crippen LogP contribution in [0.1, 0.15) is 35.6 Å². The van der Waals surface area contributed by atoms with Crippen LogP contribution >= 0.6 is 11.3 Å². The van der Waals surface area contributed by atoms with Crippen LogP contribution in [0, 0.1) is 13.8 Å². The topological polar surface area (TPSA) is 89.4 Å². The fourth-order valence-corrected chi connectivity index (χ4v) is 3.29. The molecule has 3 amide bonds. The molecule has 0 aliphatic rings. The number of amides is 3. The molecule has 0 aliphatic carbocycles. The summed E-state index contributed by atoms with van der Waals surface area (Å²) in [6.07, 6.45) is 0. The first kappa shape index (κ1) is 18.7. The van der Waals surface area contributed by atoms with Gasteiger partial charge in [0.15, 0.2) is 6.61 Å². The van der Waals surface area contributed by atoms with Gasteiger partial charge >= 0.3 is 12.0 Å². The molecular weight excluding hydrogens is 342 g/mol. The monoisotopic (exact) mass is 363 g/mol. The zero-order valence-corrected chi connectivity index (χ0v) is 15.4. The second-order valence-electron chi connectivity index (χ2n) is 5.84. The summed E-state index contributed by atoms with van der Waals surface area (Å²) in [5, 5.41) is 7.15. The van der Waals surface area contributed by atoms with E-state index in [9.17, 15) is 14.4 Å². The lowest BCUT2D eigenvalue weighted by Gasteiger charge is -2.11. The number of imide groups is 1. The molecule has 2 aromatic heterocycles. The Morgan fingerprint density at radius 1 is 1.16 bits per heavy atom. The van der Waals surface area contributed by atoms with Crippen molar-refractivity contribution in [1.82, 2.24) is 15.2 Å². The number of hydrogen-bond acceptors (Lipinski definition) is 5. The lowest BCUT2D eigenvalue weighted by Crippen LogP contribution is -2.44. The highest BCUT2D eigenvalue weighted by molar-refractivity contribution is 7.13. The third-order valence-electron chi connectivity index (χ3n) is 3.35. The van der Waals surface area contributed by atoms with Gasteiger partial charge in [-0.1, -0.05) is 0 Å². The van der Waals surface area contributed by atoms with Gasteiger partial charge < -0.3 is 14.6 Å². The van der Waals surface area contributed by atoms with Gasteiger partial charge in [0.1, 0.15) is 5.00 Å². The average molecular weight is 363 g/mol. The highest BCUT2D eigenvalue weighted by Crippen LogP contribution is 2.26. The Bertz CT molecular complexity index is 772. The number of aromatic nitrogens is 1. The van der Waals surface area contributed by atoms with Crippen molar-refractivity contribution in [3.63, 3.8) is 0 Å². The summed E-state index contributed by atoms with van der Waals surface area (Å²) >= 11 is 1.41. The second-order valence-corrected chi connectivity index (χ2v) is 6.74. The van der Waals surface area contributed by atoms with Crippen LogP contribution < -0.4 is 10.6 Å². The Balaban J connectivity index is 2.00. The van der Waals surface area contributed by atoms with Gasteiger partial charge in [-0.25, -0.2) is 9.59 Å². The van der Waals surface area contributed by atoms with Gasteiger partial charge in [-0.15, -0.1) is 11.3 Å². The third-order valence-corrected chi connectivity index (χ3v) is 4.24. The summed E-state index contributed by atoms with van der Waals surface area (Å²) in [5.41, 5.74) is 2.38.